The van der Waals surface area contributed by atoms with Gasteiger partial charge in [-0.2, -0.15) is 18.3 Å². The summed E-state index contributed by atoms with van der Waals surface area (Å²) in [6.45, 7) is 3.86. The standard InChI is InChI=1S/C22H20ClF3N4O/c1-12-3-8-16(9-13(12)2)27-21(31)18-11-20-28-17(14-4-6-15(23)7-5-14)10-19(22(24,25)26)30(20)29-18/h3-9,11,17,19,28H,10H2,1-2H3,(H,27,31)/t17-,19-/m1/s1. The number of fused-ring (bicyclic) bond motifs is 1. The van der Waals surface area contributed by atoms with E-state index in [1.807, 2.05) is 19.9 Å². The van der Waals surface area contributed by atoms with Gasteiger partial charge in [-0.1, -0.05) is 29.8 Å². The van der Waals surface area contributed by atoms with Gasteiger partial charge in [0.05, 0.1) is 6.04 Å². The van der Waals surface area contributed by atoms with Crippen molar-refractivity contribution in [2.75, 3.05) is 10.6 Å². The van der Waals surface area contributed by atoms with Crippen molar-refractivity contribution in [2.24, 2.45) is 0 Å². The van der Waals surface area contributed by atoms with Crippen LogP contribution in [0.2, 0.25) is 5.02 Å². The van der Waals surface area contributed by atoms with Crippen LogP contribution in [0.15, 0.2) is 48.5 Å². The number of halogens is 4. The molecule has 3 aromatic rings. The predicted octanol–water partition coefficient (Wildman–Crippen LogP) is 6.07. The van der Waals surface area contributed by atoms with Gasteiger partial charge in [0.25, 0.3) is 5.91 Å². The third-order valence-corrected chi connectivity index (χ3v) is 5.71. The molecule has 0 radical (unpaired) electrons. The molecule has 0 fully saturated rings. The first-order valence-corrected chi connectivity index (χ1v) is 10.1. The summed E-state index contributed by atoms with van der Waals surface area (Å²) in [6, 6.07) is 10.9. The van der Waals surface area contributed by atoms with E-state index >= 15 is 0 Å². The molecule has 5 nitrogen and oxygen atoms in total. The highest BCUT2D eigenvalue weighted by Crippen LogP contribution is 2.43. The molecular formula is C22H20ClF3N4O. The first-order valence-electron chi connectivity index (χ1n) is 9.68. The van der Waals surface area contributed by atoms with Gasteiger partial charge in [-0.15, -0.1) is 0 Å². The molecule has 1 amide bonds. The zero-order valence-corrected chi connectivity index (χ0v) is 17.6. The summed E-state index contributed by atoms with van der Waals surface area (Å²) in [6.07, 6.45) is -4.77. The Morgan fingerprint density at radius 3 is 2.48 bits per heavy atom. The van der Waals surface area contributed by atoms with Gasteiger partial charge < -0.3 is 10.6 Å². The minimum Gasteiger partial charge on any atom is -0.363 e. The van der Waals surface area contributed by atoms with Gasteiger partial charge in [-0.25, -0.2) is 4.68 Å². The Morgan fingerprint density at radius 1 is 1.13 bits per heavy atom. The highest BCUT2D eigenvalue weighted by atomic mass is 35.5. The Labute approximate surface area is 182 Å². The molecule has 0 unspecified atom stereocenters. The molecule has 4 rings (SSSR count). The second kappa shape index (κ2) is 7.92. The number of aryl methyl sites for hydroxylation is 2. The van der Waals surface area contributed by atoms with Crippen molar-refractivity contribution < 1.29 is 18.0 Å². The molecule has 1 aromatic heterocycles. The molecule has 31 heavy (non-hydrogen) atoms. The molecule has 1 aliphatic heterocycles. The number of nitrogens with zero attached hydrogens (tertiary/aromatic N) is 2. The maximum atomic E-state index is 13.8. The molecule has 9 heteroatoms. The Kier molecular flexibility index (Phi) is 5.43. The average molecular weight is 449 g/mol. The van der Waals surface area contributed by atoms with Gasteiger partial charge in [0, 0.05) is 23.2 Å². The summed E-state index contributed by atoms with van der Waals surface area (Å²) >= 11 is 5.90. The van der Waals surface area contributed by atoms with E-state index in [9.17, 15) is 18.0 Å². The topological polar surface area (TPSA) is 59.0 Å². The molecule has 162 valence electrons. The maximum absolute atomic E-state index is 13.8. The highest BCUT2D eigenvalue weighted by molar-refractivity contribution is 6.30. The molecule has 0 saturated heterocycles. The zero-order valence-electron chi connectivity index (χ0n) is 16.8. The molecule has 2 N–H and O–H groups in total. The van der Waals surface area contributed by atoms with Crippen LogP contribution in [0.25, 0.3) is 0 Å². The lowest BCUT2D eigenvalue weighted by atomic mass is 9.97. The second-order valence-electron chi connectivity index (χ2n) is 7.65. The third kappa shape index (κ3) is 4.39. The van der Waals surface area contributed by atoms with Crippen LogP contribution < -0.4 is 10.6 Å². The largest absolute Gasteiger partial charge is 0.410 e. The fourth-order valence-electron chi connectivity index (χ4n) is 3.61. The summed E-state index contributed by atoms with van der Waals surface area (Å²) in [5.74, 6) is -0.435. The van der Waals surface area contributed by atoms with E-state index in [0.29, 0.717) is 16.3 Å². The van der Waals surface area contributed by atoms with E-state index in [1.54, 1.807) is 36.4 Å². The molecule has 2 heterocycles. The minimum absolute atomic E-state index is 0.0910. The average Bonchev–Trinajstić information content (AvgIpc) is 3.14. The van der Waals surface area contributed by atoms with Crippen LogP contribution in [0.4, 0.5) is 24.7 Å². The van der Waals surface area contributed by atoms with Crippen molar-refractivity contribution in [3.8, 4) is 0 Å². The lowest BCUT2D eigenvalue weighted by Gasteiger charge is -2.33. The lowest BCUT2D eigenvalue weighted by Crippen LogP contribution is -2.35. The molecule has 0 spiro atoms. The summed E-state index contributed by atoms with van der Waals surface area (Å²) < 4.78 is 42.3. The molecule has 1 aliphatic rings. The minimum atomic E-state index is -4.52. The number of alkyl halides is 3. The monoisotopic (exact) mass is 448 g/mol. The van der Waals surface area contributed by atoms with Crippen molar-refractivity contribution >= 4 is 29.0 Å². The van der Waals surface area contributed by atoms with E-state index < -0.39 is 24.2 Å². The van der Waals surface area contributed by atoms with Gasteiger partial charge in [-0.05, 0) is 54.8 Å². The Hall–Kier alpha value is -3.00. The van der Waals surface area contributed by atoms with Crippen molar-refractivity contribution in [1.29, 1.82) is 0 Å². The van der Waals surface area contributed by atoms with Crippen molar-refractivity contribution in [2.45, 2.75) is 38.5 Å². The first kappa shape index (κ1) is 21.2. The fourth-order valence-corrected chi connectivity index (χ4v) is 3.74. The number of hydrogen-bond donors (Lipinski definition) is 2. The van der Waals surface area contributed by atoms with Crippen LogP contribution in [0.3, 0.4) is 0 Å². The van der Waals surface area contributed by atoms with Gasteiger partial charge >= 0.3 is 6.18 Å². The summed E-state index contributed by atoms with van der Waals surface area (Å²) in [7, 11) is 0. The number of hydrogen-bond acceptors (Lipinski definition) is 3. The van der Waals surface area contributed by atoms with Gasteiger partial charge in [-0.3, -0.25) is 4.79 Å². The van der Waals surface area contributed by atoms with E-state index in [4.69, 9.17) is 11.6 Å². The zero-order chi connectivity index (χ0) is 22.3. The van der Waals surface area contributed by atoms with Gasteiger partial charge in [0.15, 0.2) is 11.7 Å². The smallest absolute Gasteiger partial charge is 0.363 e. The quantitative estimate of drug-likeness (QED) is 0.511. The van der Waals surface area contributed by atoms with Crippen molar-refractivity contribution in [3.63, 3.8) is 0 Å². The first-order chi connectivity index (χ1) is 14.6. The molecule has 0 saturated carbocycles. The molecule has 2 aromatic carbocycles. The van der Waals surface area contributed by atoms with Gasteiger partial charge in [0.1, 0.15) is 5.82 Å². The maximum Gasteiger partial charge on any atom is 0.410 e. The highest BCUT2D eigenvalue weighted by Gasteiger charge is 2.46. The Balaban J connectivity index is 1.63. The molecular weight excluding hydrogens is 429 g/mol. The predicted molar refractivity (Wildman–Crippen MR) is 114 cm³/mol. The molecule has 0 aliphatic carbocycles. The van der Waals surface area contributed by atoms with Crippen LogP contribution >= 0.6 is 11.6 Å². The Morgan fingerprint density at radius 2 is 1.84 bits per heavy atom. The van der Waals surface area contributed by atoms with Crippen LogP contribution in [-0.2, 0) is 0 Å². The number of carbonyl (C=O) groups excluding carboxylic acids is 1. The second-order valence-corrected chi connectivity index (χ2v) is 8.09. The number of aromatic nitrogens is 2. The fraction of sp³-hybridized carbons (Fsp3) is 0.273. The summed E-state index contributed by atoms with van der Waals surface area (Å²) in [4.78, 5) is 12.7. The number of amides is 1. The molecule has 2 atom stereocenters. The number of anilines is 2. The van der Waals surface area contributed by atoms with E-state index in [1.165, 1.54) is 6.07 Å². The van der Waals surface area contributed by atoms with Crippen LogP contribution in [-0.4, -0.2) is 21.9 Å². The lowest BCUT2D eigenvalue weighted by molar-refractivity contribution is -0.173. The van der Waals surface area contributed by atoms with E-state index in [2.05, 4.69) is 15.7 Å². The molecule has 0 bridgehead atoms. The third-order valence-electron chi connectivity index (χ3n) is 5.46. The number of rotatable bonds is 3. The van der Waals surface area contributed by atoms with Crippen molar-refractivity contribution in [3.05, 3.63) is 75.9 Å². The number of benzene rings is 2. The number of nitrogens with one attached hydrogen (secondary N) is 2. The van der Waals surface area contributed by atoms with Gasteiger partial charge in [0.2, 0.25) is 0 Å². The Bertz CT molecular complexity index is 1120. The van der Waals surface area contributed by atoms with Crippen LogP contribution in [0.5, 0.6) is 0 Å². The van der Waals surface area contributed by atoms with Crippen LogP contribution in [0, 0.1) is 13.8 Å². The van der Waals surface area contributed by atoms with E-state index in [0.717, 1.165) is 15.8 Å². The normalized spacial score (nSPS) is 18.3. The summed E-state index contributed by atoms with van der Waals surface area (Å²) in [5.41, 5.74) is 3.20. The summed E-state index contributed by atoms with van der Waals surface area (Å²) in [5, 5.41) is 10.2. The van der Waals surface area contributed by atoms with E-state index in [-0.39, 0.29) is 17.9 Å². The van der Waals surface area contributed by atoms with Crippen LogP contribution in [0.1, 0.15) is 45.7 Å². The SMILES string of the molecule is Cc1ccc(NC(=O)c2cc3n(n2)[C@@H](C(F)(F)F)C[C@H](c2ccc(Cl)cc2)N3)cc1C. The number of carbonyl (C=O) groups is 1. The van der Waals surface area contributed by atoms with Crippen molar-refractivity contribution in [1.82, 2.24) is 9.78 Å².